The fourth-order valence-electron chi connectivity index (χ4n) is 3.34. The number of carbonyl (C=O) groups is 3. The second-order valence-corrected chi connectivity index (χ2v) is 7.52. The smallest absolute Gasteiger partial charge is 0.341 e. The first-order chi connectivity index (χ1) is 12.6. The van der Waals surface area contributed by atoms with Crippen molar-refractivity contribution in [2.75, 3.05) is 18.5 Å². The highest BCUT2D eigenvalue weighted by Gasteiger charge is 2.28. The molecule has 6 nitrogen and oxygen atoms in total. The van der Waals surface area contributed by atoms with E-state index in [-0.39, 0.29) is 25.1 Å². The Hall–Kier alpha value is -2.15. The number of amides is 1. The van der Waals surface area contributed by atoms with Crippen LogP contribution in [0.15, 0.2) is 12.2 Å². The molecule has 0 saturated carbocycles. The molecule has 26 heavy (non-hydrogen) atoms. The second kappa shape index (κ2) is 8.49. The third kappa shape index (κ3) is 4.15. The molecule has 1 heterocycles. The largest absolute Gasteiger partial charge is 0.462 e. The number of hydrogen-bond donors (Lipinski definition) is 1. The summed E-state index contributed by atoms with van der Waals surface area (Å²) in [6.07, 6.45) is 9.02. The topological polar surface area (TPSA) is 81.7 Å². The molecule has 3 rings (SSSR count). The minimum atomic E-state index is -0.435. The molecule has 0 bridgehead atoms. The van der Waals surface area contributed by atoms with Crippen molar-refractivity contribution in [3.05, 3.63) is 28.2 Å². The molecule has 1 atom stereocenters. The Bertz CT molecular complexity index is 737. The van der Waals surface area contributed by atoms with E-state index in [2.05, 4.69) is 5.32 Å². The number of anilines is 1. The quantitative estimate of drug-likeness (QED) is 0.608. The third-order valence-corrected chi connectivity index (χ3v) is 5.81. The van der Waals surface area contributed by atoms with Gasteiger partial charge in [0.25, 0.3) is 5.91 Å². The van der Waals surface area contributed by atoms with Gasteiger partial charge in [-0.05, 0) is 51.0 Å². The van der Waals surface area contributed by atoms with Crippen molar-refractivity contribution in [1.82, 2.24) is 0 Å². The zero-order chi connectivity index (χ0) is 18.5. The van der Waals surface area contributed by atoms with E-state index in [1.165, 1.54) is 11.3 Å². The van der Waals surface area contributed by atoms with Crippen LogP contribution in [0.2, 0.25) is 0 Å². The highest BCUT2D eigenvalue weighted by Crippen LogP contribution is 2.39. The Morgan fingerprint density at radius 3 is 2.81 bits per heavy atom. The van der Waals surface area contributed by atoms with Crippen molar-refractivity contribution in [2.45, 2.75) is 45.4 Å². The molecule has 0 unspecified atom stereocenters. The molecular formula is C19H23NO5S. The first-order valence-corrected chi connectivity index (χ1v) is 9.85. The highest BCUT2D eigenvalue weighted by molar-refractivity contribution is 7.17. The molecular weight excluding hydrogens is 354 g/mol. The summed E-state index contributed by atoms with van der Waals surface area (Å²) in [6.45, 7) is 1.69. The fourth-order valence-corrected chi connectivity index (χ4v) is 4.63. The van der Waals surface area contributed by atoms with Gasteiger partial charge in [-0.1, -0.05) is 12.2 Å². The molecule has 1 amide bonds. The van der Waals surface area contributed by atoms with Gasteiger partial charge in [0, 0.05) is 4.88 Å². The molecule has 0 spiro atoms. The van der Waals surface area contributed by atoms with Gasteiger partial charge in [0.1, 0.15) is 5.00 Å². The highest BCUT2D eigenvalue weighted by atomic mass is 32.1. The lowest BCUT2D eigenvalue weighted by atomic mass is 9.95. The maximum atomic E-state index is 12.3. The van der Waals surface area contributed by atoms with Crippen molar-refractivity contribution in [3.63, 3.8) is 0 Å². The predicted octanol–water partition coefficient (Wildman–Crippen LogP) is 3.25. The third-order valence-electron chi connectivity index (χ3n) is 4.60. The number of rotatable bonds is 6. The summed E-state index contributed by atoms with van der Waals surface area (Å²) in [4.78, 5) is 37.6. The molecule has 1 aromatic rings. The fraction of sp³-hybridized carbons (Fsp3) is 0.526. The number of allylic oxidation sites excluding steroid dienone is 2. The normalized spacial score (nSPS) is 18.3. The number of esters is 2. The summed E-state index contributed by atoms with van der Waals surface area (Å²) in [6, 6.07) is 0. The Morgan fingerprint density at radius 2 is 2.08 bits per heavy atom. The SMILES string of the molecule is CCOC(=O)c1c(NC(=O)COC(=O)[C@H]2CC=CCC2)sc2c1CCC2. The van der Waals surface area contributed by atoms with E-state index >= 15 is 0 Å². The molecule has 7 heteroatoms. The maximum absolute atomic E-state index is 12.3. The van der Waals surface area contributed by atoms with Crippen LogP contribution >= 0.6 is 11.3 Å². The van der Waals surface area contributed by atoms with Gasteiger partial charge in [-0.3, -0.25) is 9.59 Å². The number of fused-ring (bicyclic) bond motifs is 1. The average Bonchev–Trinajstić information content (AvgIpc) is 3.21. The van der Waals surface area contributed by atoms with E-state index in [0.29, 0.717) is 17.0 Å². The number of carbonyl (C=O) groups excluding carboxylic acids is 3. The summed E-state index contributed by atoms with van der Waals surface area (Å²) in [7, 11) is 0. The number of nitrogens with one attached hydrogen (secondary N) is 1. The first kappa shape index (κ1) is 18.6. The van der Waals surface area contributed by atoms with E-state index in [9.17, 15) is 14.4 Å². The van der Waals surface area contributed by atoms with Crippen LogP contribution in [0.4, 0.5) is 5.00 Å². The van der Waals surface area contributed by atoms with Crippen LogP contribution in [0.5, 0.6) is 0 Å². The van der Waals surface area contributed by atoms with Crippen molar-refractivity contribution in [2.24, 2.45) is 5.92 Å². The van der Waals surface area contributed by atoms with Crippen LogP contribution in [0.1, 0.15) is 53.4 Å². The van der Waals surface area contributed by atoms with Gasteiger partial charge in [0.05, 0.1) is 18.1 Å². The van der Waals surface area contributed by atoms with Crippen molar-refractivity contribution >= 4 is 34.2 Å². The molecule has 0 radical (unpaired) electrons. The molecule has 0 aromatic carbocycles. The van der Waals surface area contributed by atoms with Crippen LogP contribution in [0.3, 0.4) is 0 Å². The number of aryl methyl sites for hydroxylation is 1. The van der Waals surface area contributed by atoms with Gasteiger partial charge in [-0.25, -0.2) is 4.79 Å². The van der Waals surface area contributed by atoms with E-state index < -0.39 is 11.9 Å². The Balaban J connectivity index is 1.61. The molecule has 0 aliphatic heterocycles. The minimum absolute atomic E-state index is 0.173. The minimum Gasteiger partial charge on any atom is -0.462 e. The standard InChI is InChI=1S/C19H23NO5S/c1-2-24-19(23)16-13-9-6-10-14(13)26-17(16)20-15(21)11-25-18(22)12-7-4-3-5-8-12/h3-4,12H,2,5-11H2,1H3,(H,20,21)/t12-/m0/s1. The summed E-state index contributed by atoms with van der Waals surface area (Å²) < 4.78 is 10.3. The van der Waals surface area contributed by atoms with E-state index in [1.807, 2.05) is 12.2 Å². The summed E-state index contributed by atoms with van der Waals surface area (Å²) in [5.74, 6) is -1.36. The molecule has 140 valence electrons. The zero-order valence-electron chi connectivity index (χ0n) is 14.8. The Labute approximate surface area is 156 Å². The summed E-state index contributed by atoms with van der Waals surface area (Å²) in [5.41, 5.74) is 1.44. The van der Waals surface area contributed by atoms with Crippen LogP contribution in [-0.2, 0) is 31.9 Å². The van der Waals surface area contributed by atoms with Crippen molar-refractivity contribution < 1.29 is 23.9 Å². The van der Waals surface area contributed by atoms with Gasteiger partial charge in [0.2, 0.25) is 0 Å². The van der Waals surface area contributed by atoms with Crippen molar-refractivity contribution in [3.8, 4) is 0 Å². The lowest BCUT2D eigenvalue weighted by molar-refractivity contribution is -0.151. The van der Waals surface area contributed by atoms with Crippen LogP contribution in [0.25, 0.3) is 0 Å². The van der Waals surface area contributed by atoms with Crippen molar-refractivity contribution in [1.29, 1.82) is 0 Å². The van der Waals surface area contributed by atoms with Gasteiger partial charge in [-0.15, -0.1) is 11.3 Å². The lowest BCUT2D eigenvalue weighted by Gasteiger charge is -2.16. The number of thiophene rings is 1. The summed E-state index contributed by atoms with van der Waals surface area (Å²) in [5, 5.41) is 3.22. The number of ether oxygens (including phenoxy) is 2. The second-order valence-electron chi connectivity index (χ2n) is 6.42. The van der Waals surface area contributed by atoms with E-state index in [4.69, 9.17) is 9.47 Å². The number of hydrogen-bond acceptors (Lipinski definition) is 6. The Morgan fingerprint density at radius 1 is 1.23 bits per heavy atom. The molecule has 0 fully saturated rings. The molecule has 0 saturated heterocycles. The van der Waals surface area contributed by atoms with E-state index in [1.54, 1.807) is 6.92 Å². The Kier molecular flexibility index (Phi) is 6.08. The average molecular weight is 377 g/mol. The molecule has 2 aliphatic rings. The van der Waals surface area contributed by atoms with Crippen LogP contribution in [0, 0.1) is 5.92 Å². The zero-order valence-corrected chi connectivity index (χ0v) is 15.7. The maximum Gasteiger partial charge on any atom is 0.341 e. The van der Waals surface area contributed by atoms with Crippen LogP contribution in [-0.4, -0.2) is 31.1 Å². The lowest BCUT2D eigenvalue weighted by Crippen LogP contribution is -2.25. The van der Waals surface area contributed by atoms with Gasteiger partial charge in [-0.2, -0.15) is 0 Å². The molecule has 2 aliphatic carbocycles. The van der Waals surface area contributed by atoms with Gasteiger partial charge >= 0.3 is 11.9 Å². The van der Waals surface area contributed by atoms with E-state index in [0.717, 1.165) is 42.5 Å². The van der Waals surface area contributed by atoms with Gasteiger partial charge < -0.3 is 14.8 Å². The monoisotopic (exact) mass is 377 g/mol. The van der Waals surface area contributed by atoms with Crippen LogP contribution < -0.4 is 5.32 Å². The first-order valence-electron chi connectivity index (χ1n) is 9.03. The predicted molar refractivity (Wildman–Crippen MR) is 98.4 cm³/mol. The molecule has 1 N–H and O–H groups in total. The molecule has 1 aromatic heterocycles. The van der Waals surface area contributed by atoms with Gasteiger partial charge in [0.15, 0.2) is 6.61 Å². The summed E-state index contributed by atoms with van der Waals surface area (Å²) >= 11 is 1.41.